The van der Waals surface area contributed by atoms with E-state index in [-0.39, 0.29) is 49.7 Å². The van der Waals surface area contributed by atoms with Gasteiger partial charge in [-0.25, -0.2) is 4.57 Å². The normalized spacial score (nSPS) is 16.9. The molecule has 266 valence electrons. The van der Waals surface area contributed by atoms with Crippen LogP contribution in [0.2, 0.25) is 0 Å². The van der Waals surface area contributed by atoms with Gasteiger partial charge in [-0.2, -0.15) is 0 Å². The molecule has 0 spiro atoms. The molecule has 12 N–H and O–H groups in total. The number of nitrogens with one attached hydrogen (secondary N) is 4. The van der Waals surface area contributed by atoms with Crippen LogP contribution in [0, 0.1) is 10.1 Å². The number of carbonyl (C=O) groups excluding carboxylic acids is 5. The van der Waals surface area contributed by atoms with E-state index in [2.05, 4.69) is 30.8 Å². The van der Waals surface area contributed by atoms with E-state index in [9.17, 15) is 48.4 Å². The lowest BCUT2D eigenvalue weighted by Gasteiger charge is -2.30. The van der Waals surface area contributed by atoms with Gasteiger partial charge in [-0.1, -0.05) is 0 Å². The zero-order chi connectivity index (χ0) is 36.2. The highest BCUT2D eigenvalue weighted by Gasteiger charge is 2.40. The minimum absolute atomic E-state index is 0.0142. The van der Waals surface area contributed by atoms with Crippen molar-refractivity contribution in [2.24, 2.45) is 22.2 Å². The number of nitrogens with zero attached hydrogens (tertiary/aromatic N) is 3. The molecule has 0 unspecified atom stereocenters. The second kappa shape index (κ2) is 18.0. The standard InChI is InChI=1S/C26H41N10O11P/c1-14(27)21(37)31-15(2)22(38)34-19(13-47-48(44,45)46)25(41)35-12-4-6-20(35)24(40)33-18(5-3-11-30-26(28)29)23(39)32-16-7-9-17(10-8-16)36(42)43/h7-10,14-15,18-20H,3-6,11-13,27H2,1-2H3,(H,31,37)(H,32,39)(H,33,40)(H,34,38)(H4,28,29,30)(H2,44,45,46)/t14-,15-,18-,19-,20-/m0/s1. The fourth-order valence-electron chi connectivity index (χ4n) is 4.49. The van der Waals surface area contributed by atoms with Gasteiger partial charge < -0.3 is 53.2 Å². The largest absolute Gasteiger partial charge is 0.469 e. The summed E-state index contributed by atoms with van der Waals surface area (Å²) >= 11 is 0. The molecule has 1 aromatic carbocycles. The average molecular weight is 701 g/mol. The van der Waals surface area contributed by atoms with Crippen LogP contribution >= 0.6 is 7.82 Å². The van der Waals surface area contributed by atoms with E-state index in [1.54, 1.807) is 0 Å². The van der Waals surface area contributed by atoms with Crippen LogP contribution in [0.15, 0.2) is 29.3 Å². The Hall–Kier alpha value is -4.69. The van der Waals surface area contributed by atoms with E-state index in [1.165, 1.54) is 38.1 Å². The summed E-state index contributed by atoms with van der Waals surface area (Å²) in [5.74, 6) is -4.10. The average Bonchev–Trinajstić information content (AvgIpc) is 3.50. The number of rotatable bonds is 17. The van der Waals surface area contributed by atoms with Crippen molar-refractivity contribution < 1.29 is 47.8 Å². The lowest BCUT2D eigenvalue weighted by Crippen LogP contribution is -2.58. The molecule has 1 saturated heterocycles. The topological polar surface area (TPSA) is 337 Å². The first-order valence-corrected chi connectivity index (χ1v) is 16.2. The maximum Gasteiger partial charge on any atom is 0.469 e. The van der Waals surface area contributed by atoms with Gasteiger partial charge in [-0.05, 0) is 51.7 Å². The minimum Gasteiger partial charge on any atom is -0.370 e. The first kappa shape index (κ1) is 39.5. The molecule has 1 fully saturated rings. The number of likely N-dealkylation sites (tertiary alicyclic amines) is 1. The van der Waals surface area contributed by atoms with E-state index in [1.807, 2.05) is 0 Å². The Bertz CT molecular complexity index is 1420. The van der Waals surface area contributed by atoms with Crippen LogP contribution < -0.4 is 38.5 Å². The van der Waals surface area contributed by atoms with Gasteiger partial charge in [0.25, 0.3) is 5.69 Å². The SMILES string of the molecule is C[C@H](N)C(=O)N[C@@H](C)C(=O)N[C@@H](COP(=O)(O)O)C(=O)N1CCC[C@H]1C(=O)N[C@@H](CCCN=C(N)N)C(=O)Nc1ccc([N+](=O)[O-])cc1. The smallest absolute Gasteiger partial charge is 0.370 e. The number of hydrogen-bond acceptors (Lipinski definition) is 11. The molecule has 1 aliphatic rings. The van der Waals surface area contributed by atoms with Gasteiger partial charge in [0.15, 0.2) is 5.96 Å². The number of benzene rings is 1. The maximum atomic E-state index is 13.6. The second-order valence-corrected chi connectivity index (χ2v) is 12.1. The van der Waals surface area contributed by atoms with Crippen LogP contribution in [0.3, 0.4) is 0 Å². The molecule has 1 aromatic rings. The number of nitrogens with two attached hydrogens (primary N) is 3. The Morgan fingerprint density at radius 3 is 2.27 bits per heavy atom. The van der Waals surface area contributed by atoms with Gasteiger partial charge in [-0.15, -0.1) is 0 Å². The number of guanidine groups is 1. The number of nitro groups is 1. The molecule has 21 nitrogen and oxygen atoms in total. The molecule has 0 aromatic heterocycles. The Morgan fingerprint density at radius 2 is 1.71 bits per heavy atom. The van der Waals surface area contributed by atoms with Crippen molar-refractivity contribution in [1.82, 2.24) is 20.9 Å². The Morgan fingerprint density at radius 1 is 1.06 bits per heavy atom. The van der Waals surface area contributed by atoms with Gasteiger partial charge in [0.2, 0.25) is 29.5 Å². The zero-order valence-corrected chi connectivity index (χ0v) is 27.1. The number of amides is 5. The van der Waals surface area contributed by atoms with Crippen LogP contribution in [0.4, 0.5) is 11.4 Å². The molecule has 5 atom stereocenters. The highest BCUT2D eigenvalue weighted by atomic mass is 31.2. The van der Waals surface area contributed by atoms with E-state index < -0.39 is 79.1 Å². The summed E-state index contributed by atoms with van der Waals surface area (Å²) in [6, 6.07) is -1.20. The first-order valence-electron chi connectivity index (χ1n) is 14.7. The molecule has 0 saturated carbocycles. The Balaban J connectivity index is 2.24. The van der Waals surface area contributed by atoms with Crippen LogP contribution in [-0.2, 0) is 33.1 Å². The van der Waals surface area contributed by atoms with Crippen molar-refractivity contribution in [3.63, 3.8) is 0 Å². The first-order chi connectivity index (χ1) is 22.4. The third kappa shape index (κ3) is 12.8. The van der Waals surface area contributed by atoms with E-state index in [0.717, 1.165) is 4.90 Å². The highest BCUT2D eigenvalue weighted by Crippen LogP contribution is 2.36. The Labute approximate surface area is 274 Å². The molecule has 48 heavy (non-hydrogen) atoms. The fourth-order valence-corrected chi connectivity index (χ4v) is 4.84. The number of non-ortho nitro benzene ring substituents is 1. The predicted molar refractivity (Wildman–Crippen MR) is 169 cm³/mol. The summed E-state index contributed by atoms with van der Waals surface area (Å²) in [6.45, 7) is 1.84. The summed E-state index contributed by atoms with van der Waals surface area (Å²) in [5, 5.41) is 20.7. The highest BCUT2D eigenvalue weighted by molar-refractivity contribution is 7.46. The van der Waals surface area contributed by atoms with Crippen LogP contribution in [0.1, 0.15) is 39.5 Å². The number of anilines is 1. The molecular weight excluding hydrogens is 659 g/mol. The lowest BCUT2D eigenvalue weighted by molar-refractivity contribution is -0.384. The van der Waals surface area contributed by atoms with Gasteiger partial charge in [0.05, 0.1) is 17.6 Å². The quantitative estimate of drug-likeness (QED) is 0.0203. The second-order valence-electron chi connectivity index (χ2n) is 10.9. The molecule has 2 rings (SSSR count). The fraction of sp³-hybridized carbons (Fsp3) is 0.538. The minimum atomic E-state index is -5.10. The molecule has 5 amide bonds. The van der Waals surface area contributed by atoms with Crippen LogP contribution in [0.5, 0.6) is 0 Å². The summed E-state index contributed by atoms with van der Waals surface area (Å²) < 4.78 is 15.9. The summed E-state index contributed by atoms with van der Waals surface area (Å²) in [4.78, 5) is 98.8. The molecule has 22 heteroatoms. The van der Waals surface area contributed by atoms with Crippen molar-refractivity contribution in [3.8, 4) is 0 Å². The zero-order valence-electron chi connectivity index (χ0n) is 26.2. The lowest BCUT2D eigenvalue weighted by atomic mass is 10.1. The number of carbonyl (C=O) groups is 5. The number of phosphoric ester groups is 1. The number of aliphatic imine (C=N–C) groups is 1. The number of hydrogen-bond donors (Lipinski definition) is 9. The number of phosphoric acid groups is 1. The summed E-state index contributed by atoms with van der Waals surface area (Å²) in [7, 11) is -5.10. The van der Waals surface area contributed by atoms with Crippen molar-refractivity contribution >= 4 is 54.7 Å². The van der Waals surface area contributed by atoms with Gasteiger partial charge >= 0.3 is 7.82 Å². The van der Waals surface area contributed by atoms with Gasteiger partial charge in [0.1, 0.15) is 24.2 Å². The molecule has 0 aliphatic carbocycles. The van der Waals surface area contributed by atoms with E-state index >= 15 is 0 Å². The molecule has 0 bridgehead atoms. The van der Waals surface area contributed by atoms with Crippen LogP contribution in [-0.4, -0.2) is 105 Å². The Kier molecular flexibility index (Phi) is 14.8. The monoisotopic (exact) mass is 700 g/mol. The number of nitro benzene ring substituents is 1. The van der Waals surface area contributed by atoms with Crippen molar-refractivity contribution in [2.45, 2.75) is 69.7 Å². The molecule has 1 heterocycles. The summed E-state index contributed by atoms with van der Waals surface area (Å²) in [5.41, 5.74) is 16.2. The molecule has 1 aliphatic heterocycles. The van der Waals surface area contributed by atoms with Crippen molar-refractivity contribution in [1.29, 1.82) is 0 Å². The van der Waals surface area contributed by atoms with Crippen molar-refractivity contribution in [2.75, 3.05) is 25.0 Å². The maximum absolute atomic E-state index is 13.6. The van der Waals surface area contributed by atoms with Gasteiger partial charge in [0, 0.05) is 30.9 Å². The van der Waals surface area contributed by atoms with Gasteiger partial charge in [-0.3, -0.25) is 43.6 Å². The predicted octanol–water partition coefficient (Wildman–Crippen LogP) is -2.49. The summed E-state index contributed by atoms with van der Waals surface area (Å²) in [6.07, 6.45) is 0.759. The van der Waals surface area contributed by atoms with E-state index in [4.69, 9.17) is 17.2 Å². The van der Waals surface area contributed by atoms with Crippen molar-refractivity contribution in [3.05, 3.63) is 34.4 Å². The van der Waals surface area contributed by atoms with E-state index in [0.29, 0.717) is 6.42 Å². The van der Waals surface area contributed by atoms with Crippen LogP contribution in [0.25, 0.3) is 0 Å². The third-order valence-corrected chi connectivity index (χ3v) is 7.44. The third-order valence-electron chi connectivity index (χ3n) is 6.95. The molecular formula is C26H41N10O11P. The molecule has 0 radical (unpaired) electrons.